The van der Waals surface area contributed by atoms with E-state index in [1.807, 2.05) is 62.4 Å². The van der Waals surface area contributed by atoms with Crippen LogP contribution in [0.25, 0.3) is 0 Å². The molecule has 3 rings (SSSR count). The van der Waals surface area contributed by atoms with Gasteiger partial charge in [0, 0.05) is 32.2 Å². The van der Waals surface area contributed by atoms with Gasteiger partial charge < -0.3 is 15.1 Å². The molecule has 1 aliphatic heterocycles. The van der Waals surface area contributed by atoms with Crippen LogP contribution < -0.4 is 5.32 Å². The minimum Gasteiger partial charge on any atom is -0.338 e. The number of aryl methyl sites for hydroxylation is 2. The van der Waals surface area contributed by atoms with Crippen LogP contribution in [0.3, 0.4) is 0 Å². The number of hydrogen-bond donors (Lipinski definition) is 1. The first-order valence-corrected chi connectivity index (χ1v) is 9.76. The number of benzene rings is 2. The fourth-order valence-electron chi connectivity index (χ4n) is 3.45. The smallest absolute Gasteiger partial charge is 0.243 e. The van der Waals surface area contributed by atoms with E-state index in [2.05, 4.69) is 5.32 Å². The average molecular weight is 393 g/mol. The van der Waals surface area contributed by atoms with E-state index in [9.17, 15) is 14.4 Å². The Balaban J connectivity index is 1.52. The maximum atomic E-state index is 12.7. The van der Waals surface area contributed by atoms with Crippen molar-refractivity contribution >= 4 is 23.4 Å². The number of carbonyl (C=O) groups excluding carboxylic acids is 3. The van der Waals surface area contributed by atoms with E-state index >= 15 is 0 Å². The third-order valence-electron chi connectivity index (χ3n) is 5.15. The van der Waals surface area contributed by atoms with E-state index < -0.39 is 5.92 Å². The van der Waals surface area contributed by atoms with Crippen molar-refractivity contribution in [3.63, 3.8) is 0 Å². The van der Waals surface area contributed by atoms with E-state index in [1.165, 1.54) is 10.5 Å². The zero-order valence-electron chi connectivity index (χ0n) is 17.1. The summed E-state index contributed by atoms with van der Waals surface area (Å²) in [6, 6.07) is 15.5. The van der Waals surface area contributed by atoms with E-state index in [0.29, 0.717) is 18.8 Å². The molecule has 1 N–H and O–H groups in total. The molecule has 6 heteroatoms. The number of hydrogen-bond acceptors (Lipinski definition) is 3. The fraction of sp³-hybridized carbons (Fsp3) is 0.348. The number of anilines is 1. The molecule has 1 aliphatic rings. The number of carbonyl (C=O) groups is 3. The lowest BCUT2D eigenvalue weighted by molar-refractivity contribution is -0.137. The van der Waals surface area contributed by atoms with Crippen molar-refractivity contribution in [2.75, 3.05) is 25.5 Å². The van der Waals surface area contributed by atoms with Gasteiger partial charge in [0.05, 0.1) is 12.5 Å². The molecule has 0 bridgehead atoms. The molecule has 1 unspecified atom stereocenters. The Morgan fingerprint density at radius 1 is 1.03 bits per heavy atom. The first kappa shape index (κ1) is 20.6. The Bertz CT molecular complexity index is 891. The maximum Gasteiger partial charge on any atom is 0.243 e. The number of nitrogens with one attached hydrogen (secondary N) is 1. The van der Waals surface area contributed by atoms with Crippen LogP contribution >= 0.6 is 0 Å². The van der Waals surface area contributed by atoms with Crippen LogP contribution in [-0.4, -0.2) is 47.7 Å². The summed E-state index contributed by atoms with van der Waals surface area (Å²) in [5, 5.41) is 2.79. The highest BCUT2D eigenvalue weighted by molar-refractivity contribution is 5.96. The lowest BCUT2D eigenvalue weighted by Crippen LogP contribution is -2.39. The lowest BCUT2D eigenvalue weighted by atomic mass is 10.1. The molecule has 2 aromatic carbocycles. The summed E-state index contributed by atoms with van der Waals surface area (Å²) in [4.78, 5) is 40.4. The second-order valence-electron chi connectivity index (χ2n) is 7.77. The van der Waals surface area contributed by atoms with Crippen LogP contribution in [0.1, 0.15) is 23.1 Å². The van der Waals surface area contributed by atoms with Gasteiger partial charge in [0.25, 0.3) is 0 Å². The number of likely N-dealkylation sites (tertiary alicyclic amines) is 1. The molecule has 0 aliphatic carbocycles. The third-order valence-corrected chi connectivity index (χ3v) is 5.15. The third kappa shape index (κ3) is 5.44. The monoisotopic (exact) mass is 393 g/mol. The first-order chi connectivity index (χ1) is 13.8. The molecular weight excluding hydrogens is 366 g/mol. The van der Waals surface area contributed by atoms with Crippen molar-refractivity contribution in [2.45, 2.75) is 26.8 Å². The first-order valence-electron chi connectivity index (χ1n) is 9.76. The van der Waals surface area contributed by atoms with Crippen LogP contribution in [0.2, 0.25) is 0 Å². The molecule has 1 saturated heterocycles. The van der Waals surface area contributed by atoms with Crippen molar-refractivity contribution in [2.24, 2.45) is 5.92 Å². The topological polar surface area (TPSA) is 69.7 Å². The van der Waals surface area contributed by atoms with E-state index in [-0.39, 0.29) is 30.7 Å². The van der Waals surface area contributed by atoms with E-state index in [0.717, 1.165) is 11.1 Å². The summed E-state index contributed by atoms with van der Waals surface area (Å²) >= 11 is 0. The van der Waals surface area contributed by atoms with Crippen molar-refractivity contribution in [1.29, 1.82) is 0 Å². The average Bonchev–Trinajstić information content (AvgIpc) is 3.05. The molecule has 152 valence electrons. The van der Waals surface area contributed by atoms with Crippen LogP contribution in [0, 0.1) is 19.8 Å². The van der Waals surface area contributed by atoms with Crippen molar-refractivity contribution < 1.29 is 14.4 Å². The normalized spacial score (nSPS) is 16.0. The molecule has 1 atom stereocenters. The summed E-state index contributed by atoms with van der Waals surface area (Å²) < 4.78 is 0. The van der Waals surface area contributed by atoms with Crippen molar-refractivity contribution in [3.8, 4) is 0 Å². The molecule has 2 aromatic rings. The zero-order chi connectivity index (χ0) is 21.0. The SMILES string of the molecule is Cc1ccc(CN2CC(C(=O)N(C)CC(=O)Nc3ccc(C)cc3)CC2=O)cc1. The lowest BCUT2D eigenvalue weighted by Gasteiger charge is -2.21. The Hall–Kier alpha value is -3.15. The predicted octanol–water partition coefficient (Wildman–Crippen LogP) is 2.75. The number of nitrogens with zero attached hydrogens (tertiary/aromatic N) is 2. The van der Waals surface area contributed by atoms with Gasteiger partial charge in [-0.25, -0.2) is 0 Å². The minimum atomic E-state index is -0.412. The van der Waals surface area contributed by atoms with Crippen LogP contribution in [-0.2, 0) is 20.9 Å². The number of rotatable bonds is 6. The molecule has 29 heavy (non-hydrogen) atoms. The van der Waals surface area contributed by atoms with Gasteiger partial charge in [-0.2, -0.15) is 0 Å². The Kier molecular flexibility index (Phi) is 6.32. The molecule has 0 saturated carbocycles. The molecule has 0 aromatic heterocycles. The van der Waals surface area contributed by atoms with Crippen LogP contribution in [0.15, 0.2) is 48.5 Å². The van der Waals surface area contributed by atoms with Crippen LogP contribution in [0.4, 0.5) is 5.69 Å². The maximum absolute atomic E-state index is 12.7. The Morgan fingerprint density at radius 2 is 1.62 bits per heavy atom. The molecule has 1 heterocycles. The van der Waals surface area contributed by atoms with Gasteiger partial charge in [-0.3, -0.25) is 14.4 Å². The molecule has 3 amide bonds. The highest BCUT2D eigenvalue weighted by Gasteiger charge is 2.36. The van der Waals surface area contributed by atoms with Gasteiger partial charge in [-0.1, -0.05) is 47.5 Å². The van der Waals surface area contributed by atoms with Gasteiger partial charge >= 0.3 is 0 Å². The highest BCUT2D eigenvalue weighted by atomic mass is 16.2. The second-order valence-corrected chi connectivity index (χ2v) is 7.77. The van der Waals surface area contributed by atoms with E-state index in [1.54, 1.807) is 11.9 Å². The van der Waals surface area contributed by atoms with Gasteiger partial charge in [0.15, 0.2) is 0 Å². The summed E-state index contributed by atoms with van der Waals surface area (Å²) in [7, 11) is 1.60. The minimum absolute atomic E-state index is 0.0265. The fourth-order valence-corrected chi connectivity index (χ4v) is 3.45. The molecule has 0 spiro atoms. The highest BCUT2D eigenvalue weighted by Crippen LogP contribution is 2.22. The molecule has 6 nitrogen and oxygen atoms in total. The van der Waals surface area contributed by atoms with Gasteiger partial charge in [-0.05, 0) is 31.5 Å². The summed E-state index contributed by atoms with van der Waals surface area (Å²) in [5.41, 5.74) is 4.01. The summed E-state index contributed by atoms with van der Waals surface area (Å²) in [6.07, 6.45) is 0.189. The van der Waals surface area contributed by atoms with Gasteiger partial charge in [-0.15, -0.1) is 0 Å². The molecule has 0 radical (unpaired) electrons. The van der Waals surface area contributed by atoms with Crippen LogP contribution in [0.5, 0.6) is 0 Å². The quantitative estimate of drug-likeness (QED) is 0.820. The molecular formula is C23H27N3O3. The number of amides is 3. The standard InChI is InChI=1S/C23H27N3O3/c1-16-4-8-18(9-5-16)13-26-14-19(12-22(26)28)23(29)25(3)15-21(27)24-20-10-6-17(2)7-11-20/h4-11,19H,12-15H2,1-3H3,(H,24,27). The Labute approximate surface area is 171 Å². The van der Waals surface area contributed by atoms with Gasteiger partial charge in [0.1, 0.15) is 0 Å². The number of likely N-dealkylation sites (N-methyl/N-ethyl adjacent to an activating group) is 1. The largest absolute Gasteiger partial charge is 0.338 e. The Morgan fingerprint density at radius 3 is 2.24 bits per heavy atom. The summed E-state index contributed by atoms with van der Waals surface area (Å²) in [6.45, 7) is 4.83. The zero-order valence-corrected chi connectivity index (χ0v) is 17.1. The predicted molar refractivity (Wildman–Crippen MR) is 112 cm³/mol. The van der Waals surface area contributed by atoms with Crippen molar-refractivity contribution in [3.05, 3.63) is 65.2 Å². The second kappa shape index (κ2) is 8.90. The molecule has 1 fully saturated rings. The summed E-state index contributed by atoms with van der Waals surface area (Å²) in [5.74, 6) is -0.874. The van der Waals surface area contributed by atoms with Crippen molar-refractivity contribution in [1.82, 2.24) is 9.80 Å². The van der Waals surface area contributed by atoms with E-state index in [4.69, 9.17) is 0 Å². The van der Waals surface area contributed by atoms with Gasteiger partial charge in [0.2, 0.25) is 17.7 Å².